The molecule has 0 atom stereocenters. The van der Waals surface area contributed by atoms with E-state index < -0.39 is 0 Å². The third-order valence-corrected chi connectivity index (χ3v) is 6.95. The second-order valence-corrected chi connectivity index (χ2v) is 9.75. The fraction of sp³-hybridized carbons (Fsp3) is 0.269. The summed E-state index contributed by atoms with van der Waals surface area (Å²) in [6.45, 7) is 4.13. The molecule has 2 N–H and O–H groups in total. The Kier molecular flexibility index (Phi) is 6.65. The van der Waals surface area contributed by atoms with Crippen LogP contribution in [0.3, 0.4) is 0 Å². The number of aryl methyl sites for hydroxylation is 1. The first-order valence-corrected chi connectivity index (χ1v) is 12.3. The lowest BCUT2D eigenvalue weighted by Gasteiger charge is -2.30. The second-order valence-electron chi connectivity index (χ2n) is 8.94. The Morgan fingerprint density at radius 3 is 2.34 bits per heavy atom. The summed E-state index contributed by atoms with van der Waals surface area (Å²) in [6.07, 6.45) is 5.53. The first-order chi connectivity index (χ1) is 16.9. The zero-order chi connectivity index (χ0) is 24.5. The molecule has 9 heteroatoms. The summed E-state index contributed by atoms with van der Waals surface area (Å²) in [6, 6.07) is 13.7. The van der Waals surface area contributed by atoms with Crippen LogP contribution in [-0.2, 0) is 0 Å². The Hall–Kier alpha value is -3.13. The molecule has 0 saturated carbocycles. The molecular weight excluding hydrogens is 483 g/mol. The monoisotopic (exact) mass is 508 g/mol. The standard InChI is InChI=1S/C26H26Cl2N6O/c1-16-15-34(24-21(27)4-3-5-22(24)28)25(35)20-14-29-26(32-23(16)20)31-18-8-6-17(7-9-18)30-19-10-12-33(2)13-11-19/h3-9,14-15,19,30H,10-13H2,1-2H3,(H,29,31,32). The van der Waals surface area contributed by atoms with Crippen LogP contribution in [0.4, 0.5) is 17.3 Å². The maximum Gasteiger partial charge on any atom is 0.266 e. The van der Waals surface area contributed by atoms with Gasteiger partial charge in [0.25, 0.3) is 5.56 Å². The van der Waals surface area contributed by atoms with Gasteiger partial charge < -0.3 is 15.5 Å². The topological polar surface area (TPSA) is 75.1 Å². The molecule has 2 aromatic heterocycles. The zero-order valence-corrected chi connectivity index (χ0v) is 21.1. The first kappa shape index (κ1) is 23.6. The number of likely N-dealkylation sites (tertiary alicyclic amines) is 1. The summed E-state index contributed by atoms with van der Waals surface area (Å²) in [7, 11) is 2.16. The third kappa shape index (κ3) is 4.98. The zero-order valence-electron chi connectivity index (χ0n) is 19.6. The Balaban J connectivity index is 1.37. The van der Waals surface area contributed by atoms with Gasteiger partial charge in [0.05, 0.1) is 26.6 Å². The molecule has 5 rings (SSSR count). The number of fused-ring (bicyclic) bond motifs is 1. The Morgan fingerprint density at radius 2 is 1.66 bits per heavy atom. The fourth-order valence-corrected chi connectivity index (χ4v) is 4.97. The SMILES string of the molecule is Cc1cn(-c2c(Cl)cccc2Cl)c(=O)c2cnc(Nc3ccc(NC4CCN(C)CC4)cc3)nc12. The third-order valence-electron chi connectivity index (χ3n) is 6.34. The average molecular weight is 509 g/mol. The molecule has 0 radical (unpaired) electrons. The van der Waals surface area contributed by atoms with Gasteiger partial charge in [-0.25, -0.2) is 9.97 Å². The highest BCUT2D eigenvalue weighted by Gasteiger charge is 2.17. The number of aromatic nitrogens is 3. The maximum absolute atomic E-state index is 13.2. The minimum atomic E-state index is -0.281. The number of benzene rings is 2. The number of piperidine rings is 1. The number of anilines is 3. The van der Waals surface area contributed by atoms with E-state index in [0.29, 0.717) is 38.6 Å². The molecule has 180 valence electrons. The van der Waals surface area contributed by atoms with E-state index >= 15 is 0 Å². The predicted molar refractivity (Wildman–Crippen MR) is 144 cm³/mol. The Labute approximate surface area is 213 Å². The van der Waals surface area contributed by atoms with E-state index in [2.05, 4.69) is 44.7 Å². The van der Waals surface area contributed by atoms with Gasteiger partial charge in [0.1, 0.15) is 0 Å². The van der Waals surface area contributed by atoms with E-state index in [1.54, 1.807) is 24.4 Å². The van der Waals surface area contributed by atoms with Crippen molar-refractivity contribution in [1.82, 2.24) is 19.4 Å². The van der Waals surface area contributed by atoms with Crippen LogP contribution < -0.4 is 16.2 Å². The van der Waals surface area contributed by atoms with Gasteiger partial charge in [0, 0.05) is 29.8 Å². The first-order valence-electron chi connectivity index (χ1n) is 11.5. The molecule has 0 spiro atoms. The lowest BCUT2D eigenvalue weighted by molar-refractivity contribution is 0.264. The van der Waals surface area contributed by atoms with Gasteiger partial charge in [-0.15, -0.1) is 0 Å². The lowest BCUT2D eigenvalue weighted by Crippen LogP contribution is -2.36. The summed E-state index contributed by atoms with van der Waals surface area (Å²) in [5.41, 5.74) is 3.51. The van der Waals surface area contributed by atoms with Crippen molar-refractivity contribution in [2.45, 2.75) is 25.8 Å². The average Bonchev–Trinajstić information content (AvgIpc) is 2.85. The van der Waals surface area contributed by atoms with E-state index in [0.717, 1.165) is 42.9 Å². The predicted octanol–water partition coefficient (Wildman–Crippen LogP) is 5.65. The van der Waals surface area contributed by atoms with Crippen LogP contribution in [0.25, 0.3) is 16.6 Å². The van der Waals surface area contributed by atoms with Gasteiger partial charge in [-0.3, -0.25) is 9.36 Å². The smallest absolute Gasteiger partial charge is 0.266 e. The van der Waals surface area contributed by atoms with E-state index in [4.69, 9.17) is 23.2 Å². The molecule has 35 heavy (non-hydrogen) atoms. The van der Waals surface area contributed by atoms with Crippen molar-refractivity contribution in [3.63, 3.8) is 0 Å². The van der Waals surface area contributed by atoms with Crippen molar-refractivity contribution < 1.29 is 0 Å². The summed E-state index contributed by atoms with van der Waals surface area (Å²) < 4.78 is 1.45. The van der Waals surface area contributed by atoms with Crippen LogP contribution >= 0.6 is 23.2 Å². The lowest BCUT2D eigenvalue weighted by atomic mass is 10.1. The van der Waals surface area contributed by atoms with Crippen molar-refractivity contribution >= 4 is 51.4 Å². The molecule has 0 unspecified atom stereocenters. The number of halogens is 2. The largest absolute Gasteiger partial charge is 0.382 e. The van der Waals surface area contributed by atoms with Crippen molar-refractivity contribution in [3.8, 4) is 5.69 Å². The second kappa shape index (κ2) is 9.85. The van der Waals surface area contributed by atoms with Crippen molar-refractivity contribution in [1.29, 1.82) is 0 Å². The van der Waals surface area contributed by atoms with Crippen LogP contribution in [0.5, 0.6) is 0 Å². The van der Waals surface area contributed by atoms with E-state index in [1.165, 1.54) is 10.8 Å². The van der Waals surface area contributed by atoms with Gasteiger partial charge in [-0.1, -0.05) is 29.3 Å². The summed E-state index contributed by atoms with van der Waals surface area (Å²) >= 11 is 12.7. The quantitative estimate of drug-likeness (QED) is 0.363. The van der Waals surface area contributed by atoms with Crippen LogP contribution in [0, 0.1) is 6.92 Å². The molecule has 0 aliphatic carbocycles. The maximum atomic E-state index is 13.2. The number of hydrogen-bond donors (Lipinski definition) is 2. The Bertz CT molecular complexity index is 1410. The number of nitrogens with zero attached hydrogens (tertiary/aromatic N) is 4. The molecule has 1 aliphatic rings. The van der Waals surface area contributed by atoms with Crippen molar-refractivity contribution in [3.05, 3.63) is 80.8 Å². The minimum absolute atomic E-state index is 0.281. The normalized spacial score (nSPS) is 14.9. The molecule has 0 amide bonds. The highest BCUT2D eigenvalue weighted by molar-refractivity contribution is 6.37. The van der Waals surface area contributed by atoms with Gasteiger partial charge >= 0.3 is 0 Å². The van der Waals surface area contributed by atoms with Crippen molar-refractivity contribution in [2.75, 3.05) is 30.8 Å². The van der Waals surface area contributed by atoms with Crippen LogP contribution in [0.2, 0.25) is 10.0 Å². The van der Waals surface area contributed by atoms with Crippen LogP contribution in [0.1, 0.15) is 18.4 Å². The van der Waals surface area contributed by atoms with E-state index in [1.807, 2.05) is 19.1 Å². The fourth-order valence-electron chi connectivity index (χ4n) is 4.40. The van der Waals surface area contributed by atoms with Gasteiger partial charge in [0.2, 0.25) is 5.95 Å². The molecule has 7 nitrogen and oxygen atoms in total. The minimum Gasteiger partial charge on any atom is -0.382 e. The summed E-state index contributed by atoms with van der Waals surface area (Å²) in [5, 5.41) is 8.03. The summed E-state index contributed by atoms with van der Waals surface area (Å²) in [4.78, 5) is 24.6. The highest BCUT2D eigenvalue weighted by Crippen LogP contribution is 2.28. The number of para-hydroxylation sites is 1. The number of rotatable bonds is 5. The molecule has 3 heterocycles. The van der Waals surface area contributed by atoms with Gasteiger partial charge in [-0.2, -0.15) is 0 Å². The van der Waals surface area contributed by atoms with Gasteiger partial charge in [0.15, 0.2) is 0 Å². The number of pyridine rings is 1. The number of hydrogen-bond acceptors (Lipinski definition) is 6. The summed E-state index contributed by atoms with van der Waals surface area (Å²) in [5.74, 6) is 0.421. The molecule has 1 saturated heterocycles. The van der Waals surface area contributed by atoms with E-state index in [-0.39, 0.29) is 5.56 Å². The van der Waals surface area contributed by atoms with Crippen LogP contribution in [0.15, 0.2) is 59.7 Å². The molecular formula is C26H26Cl2N6O. The molecule has 1 fully saturated rings. The molecule has 2 aromatic carbocycles. The van der Waals surface area contributed by atoms with Crippen LogP contribution in [-0.4, -0.2) is 45.6 Å². The number of nitrogens with one attached hydrogen (secondary N) is 2. The molecule has 1 aliphatic heterocycles. The van der Waals surface area contributed by atoms with Crippen molar-refractivity contribution in [2.24, 2.45) is 0 Å². The molecule has 0 bridgehead atoms. The molecule has 4 aromatic rings. The highest BCUT2D eigenvalue weighted by atomic mass is 35.5. The van der Waals surface area contributed by atoms with E-state index in [9.17, 15) is 4.79 Å². The van der Waals surface area contributed by atoms with Gasteiger partial charge in [-0.05, 0) is 81.9 Å². The Morgan fingerprint density at radius 1 is 1.00 bits per heavy atom.